The Bertz CT molecular complexity index is 591. The number of benzene rings is 1. The molecule has 0 aliphatic heterocycles. The quantitative estimate of drug-likeness (QED) is 0.873. The van der Waals surface area contributed by atoms with Gasteiger partial charge in [-0.3, -0.25) is 4.98 Å². The van der Waals surface area contributed by atoms with Gasteiger partial charge in [0.05, 0.1) is 0 Å². The lowest BCUT2D eigenvalue weighted by Gasteiger charge is -2.26. The molecule has 2 aromatic rings. The number of hydrogen-bond acceptors (Lipinski definition) is 3. The van der Waals surface area contributed by atoms with Crippen molar-refractivity contribution in [2.75, 3.05) is 11.4 Å². The maximum absolute atomic E-state index is 4.48. The lowest BCUT2D eigenvalue weighted by molar-refractivity contribution is 0.684. The molecule has 0 radical (unpaired) electrons. The van der Waals surface area contributed by atoms with Crippen LogP contribution in [0, 0.1) is 6.92 Å². The molecule has 1 aliphatic carbocycles. The van der Waals surface area contributed by atoms with Crippen molar-refractivity contribution >= 4 is 11.4 Å². The highest BCUT2D eigenvalue weighted by Gasteiger charge is 2.21. The highest BCUT2D eigenvalue weighted by molar-refractivity contribution is 5.66. The zero-order chi connectivity index (χ0) is 14.7. The van der Waals surface area contributed by atoms with Gasteiger partial charge in [0, 0.05) is 48.0 Å². The van der Waals surface area contributed by atoms with E-state index in [2.05, 4.69) is 65.4 Å². The Hall–Kier alpha value is -1.87. The molecule has 0 unspecified atom stereocenters. The van der Waals surface area contributed by atoms with E-state index >= 15 is 0 Å². The third kappa shape index (κ3) is 3.42. The Morgan fingerprint density at radius 3 is 2.67 bits per heavy atom. The van der Waals surface area contributed by atoms with Crippen molar-refractivity contribution in [3.8, 4) is 0 Å². The van der Waals surface area contributed by atoms with Gasteiger partial charge in [0.15, 0.2) is 0 Å². The van der Waals surface area contributed by atoms with Crippen LogP contribution in [0.25, 0.3) is 0 Å². The molecule has 3 rings (SSSR count). The van der Waals surface area contributed by atoms with Crippen molar-refractivity contribution < 1.29 is 0 Å². The molecule has 0 bridgehead atoms. The van der Waals surface area contributed by atoms with E-state index in [0.29, 0.717) is 6.04 Å². The SMILES string of the molecule is CCN(c1ccccc1)c1cc(C)ncc1CNC1CC1. The predicted octanol–water partition coefficient (Wildman–Crippen LogP) is 3.80. The van der Waals surface area contributed by atoms with Crippen molar-refractivity contribution in [1.82, 2.24) is 10.3 Å². The van der Waals surface area contributed by atoms with E-state index < -0.39 is 0 Å². The van der Waals surface area contributed by atoms with Crippen LogP contribution in [0.2, 0.25) is 0 Å². The number of anilines is 2. The van der Waals surface area contributed by atoms with Gasteiger partial charge in [0.2, 0.25) is 0 Å². The summed E-state index contributed by atoms with van der Waals surface area (Å²) >= 11 is 0. The van der Waals surface area contributed by atoms with E-state index in [0.717, 1.165) is 18.8 Å². The second-order valence-electron chi connectivity index (χ2n) is 5.69. The van der Waals surface area contributed by atoms with Crippen LogP contribution < -0.4 is 10.2 Å². The van der Waals surface area contributed by atoms with E-state index in [4.69, 9.17) is 0 Å². The Balaban J connectivity index is 1.91. The maximum Gasteiger partial charge on any atom is 0.0489 e. The number of nitrogens with one attached hydrogen (secondary N) is 1. The largest absolute Gasteiger partial charge is 0.341 e. The van der Waals surface area contributed by atoms with Crippen molar-refractivity contribution in [3.63, 3.8) is 0 Å². The summed E-state index contributed by atoms with van der Waals surface area (Å²) in [5.74, 6) is 0. The van der Waals surface area contributed by atoms with Gasteiger partial charge in [-0.15, -0.1) is 0 Å². The minimum absolute atomic E-state index is 0.714. The second-order valence-corrected chi connectivity index (χ2v) is 5.69. The molecule has 1 N–H and O–H groups in total. The molecule has 110 valence electrons. The molecule has 1 aromatic heterocycles. The first-order chi connectivity index (χ1) is 10.3. The van der Waals surface area contributed by atoms with Gasteiger partial charge in [-0.25, -0.2) is 0 Å². The smallest absolute Gasteiger partial charge is 0.0489 e. The van der Waals surface area contributed by atoms with E-state index in [1.165, 1.54) is 29.8 Å². The minimum atomic E-state index is 0.714. The van der Waals surface area contributed by atoms with E-state index in [9.17, 15) is 0 Å². The Morgan fingerprint density at radius 2 is 2.00 bits per heavy atom. The summed E-state index contributed by atoms with van der Waals surface area (Å²) < 4.78 is 0. The monoisotopic (exact) mass is 281 g/mol. The third-order valence-corrected chi connectivity index (χ3v) is 3.93. The van der Waals surface area contributed by atoms with Crippen LogP contribution in [0.3, 0.4) is 0 Å². The van der Waals surface area contributed by atoms with Gasteiger partial charge in [-0.1, -0.05) is 18.2 Å². The summed E-state index contributed by atoms with van der Waals surface area (Å²) in [6.45, 7) is 6.10. The van der Waals surface area contributed by atoms with Gasteiger partial charge >= 0.3 is 0 Å². The number of aromatic nitrogens is 1. The fourth-order valence-corrected chi connectivity index (χ4v) is 2.60. The molecule has 0 atom stereocenters. The second kappa shape index (κ2) is 6.27. The molecule has 1 saturated carbocycles. The Labute approximate surface area is 127 Å². The molecule has 3 nitrogen and oxygen atoms in total. The lowest BCUT2D eigenvalue weighted by atomic mass is 10.1. The molecule has 1 heterocycles. The lowest BCUT2D eigenvalue weighted by Crippen LogP contribution is -2.22. The van der Waals surface area contributed by atoms with Crippen LogP contribution in [0.5, 0.6) is 0 Å². The zero-order valence-corrected chi connectivity index (χ0v) is 12.8. The molecule has 0 spiro atoms. The van der Waals surface area contributed by atoms with Crippen LogP contribution in [-0.4, -0.2) is 17.6 Å². The Kier molecular flexibility index (Phi) is 4.20. The first-order valence-electron chi connectivity index (χ1n) is 7.79. The number of nitrogens with zero attached hydrogens (tertiary/aromatic N) is 2. The number of pyridine rings is 1. The zero-order valence-electron chi connectivity index (χ0n) is 12.8. The molecule has 1 fully saturated rings. The summed E-state index contributed by atoms with van der Waals surface area (Å²) in [7, 11) is 0. The highest BCUT2D eigenvalue weighted by atomic mass is 15.1. The van der Waals surface area contributed by atoms with Crippen molar-refractivity contribution in [1.29, 1.82) is 0 Å². The van der Waals surface area contributed by atoms with E-state index in [1.54, 1.807) is 0 Å². The van der Waals surface area contributed by atoms with E-state index in [1.807, 2.05) is 6.20 Å². The topological polar surface area (TPSA) is 28.2 Å². The van der Waals surface area contributed by atoms with Gasteiger partial charge < -0.3 is 10.2 Å². The maximum atomic E-state index is 4.48. The van der Waals surface area contributed by atoms with Crippen LogP contribution in [0.1, 0.15) is 31.0 Å². The number of hydrogen-bond donors (Lipinski definition) is 1. The molecule has 1 aliphatic rings. The molecule has 21 heavy (non-hydrogen) atoms. The molecule has 0 amide bonds. The van der Waals surface area contributed by atoms with Gasteiger partial charge in [-0.2, -0.15) is 0 Å². The summed E-state index contributed by atoms with van der Waals surface area (Å²) in [4.78, 5) is 6.84. The predicted molar refractivity (Wildman–Crippen MR) is 88.0 cm³/mol. The molecule has 1 aromatic carbocycles. The molecular weight excluding hydrogens is 258 g/mol. The van der Waals surface area contributed by atoms with Crippen molar-refractivity contribution in [3.05, 3.63) is 53.9 Å². The molecule has 0 saturated heterocycles. The Morgan fingerprint density at radius 1 is 1.24 bits per heavy atom. The summed E-state index contributed by atoms with van der Waals surface area (Å²) in [6, 6.07) is 13.5. The minimum Gasteiger partial charge on any atom is -0.341 e. The molecular formula is C18H23N3. The van der Waals surface area contributed by atoms with Gasteiger partial charge in [-0.05, 0) is 44.9 Å². The highest BCUT2D eigenvalue weighted by Crippen LogP contribution is 2.29. The third-order valence-electron chi connectivity index (χ3n) is 3.93. The van der Waals surface area contributed by atoms with Crippen LogP contribution >= 0.6 is 0 Å². The van der Waals surface area contributed by atoms with Crippen LogP contribution in [0.15, 0.2) is 42.6 Å². The average Bonchev–Trinajstić information content (AvgIpc) is 3.33. The number of rotatable bonds is 6. The first-order valence-corrected chi connectivity index (χ1v) is 7.79. The fraction of sp³-hybridized carbons (Fsp3) is 0.389. The average molecular weight is 281 g/mol. The first kappa shape index (κ1) is 14.1. The van der Waals surface area contributed by atoms with Crippen LogP contribution in [0.4, 0.5) is 11.4 Å². The number of para-hydroxylation sites is 1. The summed E-state index contributed by atoms with van der Waals surface area (Å²) in [5, 5.41) is 3.60. The summed E-state index contributed by atoms with van der Waals surface area (Å²) in [5.41, 5.74) is 4.84. The van der Waals surface area contributed by atoms with Crippen molar-refractivity contribution in [2.45, 2.75) is 39.3 Å². The number of aryl methyl sites for hydroxylation is 1. The van der Waals surface area contributed by atoms with Gasteiger partial charge in [0.1, 0.15) is 0 Å². The van der Waals surface area contributed by atoms with Gasteiger partial charge in [0.25, 0.3) is 0 Å². The normalized spacial score (nSPS) is 14.2. The standard InChI is InChI=1S/C18H23N3/c1-3-21(17-7-5-4-6-8-17)18-11-14(2)19-12-15(18)13-20-16-9-10-16/h4-8,11-12,16,20H,3,9-10,13H2,1-2H3. The van der Waals surface area contributed by atoms with Crippen LogP contribution in [-0.2, 0) is 6.54 Å². The van der Waals surface area contributed by atoms with Crippen molar-refractivity contribution in [2.24, 2.45) is 0 Å². The van der Waals surface area contributed by atoms with E-state index in [-0.39, 0.29) is 0 Å². The fourth-order valence-electron chi connectivity index (χ4n) is 2.60. The molecule has 3 heteroatoms. The summed E-state index contributed by atoms with van der Waals surface area (Å²) in [6.07, 6.45) is 4.64.